The average Bonchev–Trinajstić information content (AvgIpc) is 3.20. The van der Waals surface area contributed by atoms with Crippen LogP contribution in [0.2, 0.25) is 0 Å². The summed E-state index contributed by atoms with van der Waals surface area (Å²) in [5.74, 6) is 1.45. The minimum Gasteiger partial charge on any atom is -0.324 e. The molecule has 6 nitrogen and oxygen atoms in total. The van der Waals surface area contributed by atoms with E-state index in [0.717, 1.165) is 49.4 Å². The first kappa shape index (κ1) is 20.3. The lowest BCUT2D eigenvalue weighted by Crippen LogP contribution is -2.46. The van der Waals surface area contributed by atoms with E-state index in [4.69, 9.17) is 0 Å². The number of piperidine rings is 1. The summed E-state index contributed by atoms with van der Waals surface area (Å²) in [5, 5.41) is 11.3. The van der Waals surface area contributed by atoms with Crippen molar-refractivity contribution in [2.24, 2.45) is 13.0 Å². The van der Waals surface area contributed by atoms with E-state index in [9.17, 15) is 4.79 Å². The van der Waals surface area contributed by atoms with Gasteiger partial charge in [-0.25, -0.2) is 0 Å². The van der Waals surface area contributed by atoms with Crippen molar-refractivity contribution >= 4 is 11.6 Å². The van der Waals surface area contributed by atoms with Crippen molar-refractivity contribution in [3.05, 3.63) is 66.5 Å². The van der Waals surface area contributed by atoms with Gasteiger partial charge >= 0.3 is 0 Å². The summed E-state index contributed by atoms with van der Waals surface area (Å²) in [7, 11) is 1.90. The highest BCUT2D eigenvalue weighted by molar-refractivity contribution is 5.97. The average molecular weight is 404 g/mol. The Kier molecular flexibility index (Phi) is 6.23. The van der Waals surface area contributed by atoms with Crippen molar-refractivity contribution in [3.63, 3.8) is 0 Å². The van der Waals surface area contributed by atoms with Gasteiger partial charge in [-0.3, -0.25) is 9.69 Å². The summed E-state index contributed by atoms with van der Waals surface area (Å²) in [6.45, 7) is 3.91. The molecule has 0 radical (unpaired) electrons. The quantitative estimate of drug-likeness (QED) is 0.681. The predicted molar refractivity (Wildman–Crippen MR) is 119 cm³/mol. The maximum atomic E-state index is 13.0. The molecule has 0 bridgehead atoms. The third-order valence-electron chi connectivity index (χ3n) is 6.08. The number of para-hydroxylation sites is 1. The van der Waals surface area contributed by atoms with Crippen LogP contribution in [0.25, 0.3) is 11.4 Å². The molecule has 1 aliphatic heterocycles. The van der Waals surface area contributed by atoms with Gasteiger partial charge in [0.1, 0.15) is 6.33 Å². The van der Waals surface area contributed by atoms with Crippen LogP contribution in [0.5, 0.6) is 0 Å². The predicted octanol–water partition coefficient (Wildman–Crippen LogP) is 3.76. The van der Waals surface area contributed by atoms with E-state index >= 15 is 0 Å². The third kappa shape index (κ3) is 4.60. The Morgan fingerprint density at radius 2 is 1.80 bits per heavy atom. The summed E-state index contributed by atoms with van der Waals surface area (Å²) in [6, 6.07) is 18.3. The molecule has 0 aliphatic carbocycles. The Morgan fingerprint density at radius 3 is 2.50 bits per heavy atom. The molecule has 3 aromatic rings. The van der Waals surface area contributed by atoms with Gasteiger partial charge in [-0.1, -0.05) is 42.5 Å². The Hall–Kier alpha value is -2.99. The van der Waals surface area contributed by atoms with Gasteiger partial charge in [0.25, 0.3) is 0 Å². The lowest BCUT2D eigenvalue weighted by molar-refractivity contribution is -0.121. The van der Waals surface area contributed by atoms with Crippen molar-refractivity contribution in [1.82, 2.24) is 19.7 Å². The number of nitrogens with one attached hydrogen (secondary N) is 1. The second kappa shape index (κ2) is 9.22. The lowest BCUT2D eigenvalue weighted by atomic mass is 9.89. The van der Waals surface area contributed by atoms with Crippen LogP contribution < -0.4 is 5.32 Å². The highest BCUT2D eigenvalue weighted by atomic mass is 16.2. The van der Waals surface area contributed by atoms with Gasteiger partial charge in [0.05, 0.1) is 11.7 Å². The summed E-state index contributed by atoms with van der Waals surface area (Å²) in [5.41, 5.74) is 3.05. The molecule has 0 spiro atoms. The molecular weight excluding hydrogens is 374 g/mol. The monoisotopic (exact) mass is 403 g/mol. The van der Waals surface area contributed by atoms with Gasteiger partial charge in [0.15, 0.2) is 5.82 Å². The lowest BCUT2D eigenvalue weighted by Gasteiger charge is -2.35. The summed E-state index contributed by atoms with van der Waals surface area (Å²) in [6.07, 6.45) is 5.04. The van der Waals surface area contributed by atoms with E-state index < -0.39 is 0 Å². The van der Waals surface area contributed by atoms with Crippen LogP contribution in [0.3, 0.4) is 0 Å². The fourth-order valence-electron chi connectivity index (χ4n) is 4.21. The zero-order valence-corrected chi connectivity index (χ0v) is 17.7. The molecule has 6 heteroatoms. The van der Waals surface area contributed by atoms with Crippen LogP contribution in [-0.4, -0.2) is 44.7 Å². The van der Waals surface area contributed by atoms with Crippen LogP contribution in [0.15, 0.2) is 60.9 Å². The van der Waals surface area contributed by atoms with Gasteiger partial charge in [-0.2, -0.15) is 0 Å². The number of amides is 1. The van der Waals surface area contributed by atoms with Gasteiger partial charge in [0.2, 0.25) is 5.91 Å². The van der Waals surface area contributed by atoms with E-state index in [-0.39, 0.29) is 11.9 Å². The van der Waals surface area contributed by atoms with Gasteiger partial charge in [-0.05, 0) is 62.9 Å². The molecule has 1 N–H and O–H groups in total. The standard InChI is InChI=1S/C24H29N5O/c1-18(29-14-12-20(13-15-29)16-19-8-4-3-5-9-19)24(30)26-22-11-7-6-10-21(22)23-27-25-17-28(23)2/h3-11,17-18,20H,12-16H2,1-2H3,(H,26,30). The van der Waals surface area contributed by atoms with Crippen molar-refractivity contribution in [1.29, 1.82) is 0 Å². The van der Waals surface area contributed by atoms with Gasteiger partial charge in [-0.15, -0.1) is 10.2 Å². The Balaban J connectivity index is 1.36. The first-order valence-corrected chi connectivity index (χ1v) is 10.6. The number of benzene rings is 2. The van der Waals surface area contributed by atoms with Crippen molar-refractivity contribution in [2.45, 2.75) is 32.2 Å². The molecular formula is C24H29N5O. The van der Waals surface area contributed by atoms with Gasteiger partial charge < -0.3 is 9.88 Å². The summed E-state index contributed by atoms with van der Waals surface area (Å²) in [4.78, 5) is 15.3. The first-order chi connectivity index (χ1) is 14.6. The van der Waals surface area contributed by atoms with Gasteiger partial charge in [0, 0.05) is 12.6 Å². The normalized spacial score (nSPS) is 16.3. The molecule has 0 saturated carbocycles. The highest BCUT2D eigenvalue weighted by Crippen LogP contribution is 2.27. The number of likely N-dealkylation sites (tertiary alicyclic amines) is 1. The van der Waals surface area contributed by atoms with E-state index in [1.807, 2.05) is 42.8 Å². The summed E-state index contributed by atoms with van der Waals surface area (Å²) >= 11 is 0. The Bertz CT molecular complexity index is 976. The van der Waals surface area contributed by atoms with E-state index in [0.29, 0.717) is 5.92 Å². The van der Waals surface area contributed by atoms with E-state index in [1.165, 1.54) is 5.56 Å². The smallest absolute Gasteiger partial charge is 0.241 e. The van der Waals surface area contributed by atoms with Crippen LogP contribution >= 0.6 is 0 Å². The van der Waals surface area contributed by atoms with Crippen molar-refractivity contribution in [3.8, 4) is 11.4 Å². The van der Waals surface area contributed by atoms with Crippen LogP contribution in [0.4, 0.5) is 5.69 Å². The number of carbonyl (C=O) groups is 1. The highest BCUT2D eigenvalue weighted by Gasteiger charge is 2.27. The number of aryl methyl sites for hydroxylation is 1. The van der Waals surface area contributed by atoms with E-state index in [2.05, 4.69) is 50.7 Å². The number of rotatable bonds is 6. The van der Waals surface area contributed by atoms with Crippen molar-refractivity contribution in [2.75, 3.05) is 18.4 Å². The number of nitrogens with zero attached hydrogens (tertiary/aromatic N) is 4. The minimum atomic E-state index is -0.171. The molecule has 2 heterocycles. The minimum absolute atomic E-state index is 0.0196. The molecule has 1 saturated heterocycles. The third-order valence-corrected chi connectivity index (χ3v) is 6.08. The number of hydrogen-bond acceptors (Lipinski definition) is 4. The maximum Gasteiger partial charge on any atom is 0.241 e. The van der Waals surface area contributed by atoms with Crippen LogP contribution in [-0.2, 0) is 18.3 Å². The number of carbonyl (C=O) groups excluding carboxylic acids is 1. The van der Waals surface area contributed by atoms with Crippen LogP contribution in [0, 0.1) is 5.92 Å². The zero-order valence-electron chi connectivity index (χ0n) is 17.7. The molecule has 1 fully saturated rings. The molecule has 156 valence electrons. The molecule has 4 rings (SSSR count). The maximum absolute atomic E-state index is 13.0. The molecule has 1 unspecified atom stereocenters. The SMILES string of the molecule is CC(C(=O)Nc1ccccc1-c1nncn1C)N1CCC(Cc2ccccc2)CC1. The Labute approximate surface area is 177 Å². The fraction of sp³-hybridized carbons (Fsp3) is 0.375. The first-order valence-electron chi connectivity index (χ1n) is 10.6. The number of hydrogen-bond donors (Lipinski definition) is 1. The molecule has 1 atom stereocenters. The number of anilines is 1. The number of aromatic nitrogens is 3. The molecule has 30 heavy (non-hydrogen) atoms. The zero-order chi connectivity index (χ0) is 20.9. The molecule has 1 aromatic heterocycles. The summed E-state index contributed by atoms with van der Waals surface area (Å²) < 4.78 is 1.85. The topological polar surface area (TPSA) is 63.1 Å². The Morgan fingerprint density at radius 1 is 1.10 bits per heavy atom. The fourth-order valence-corrected chi connectivity index (χ4v) is 4.21. The molecule has 1 amide bonds. The second-order valence-corrected chi connectivity index (χ2v) is 8.15. The second-order valence-electron chi connectivity index (χ2n) is 8.15. The van der Waals surface area contributed by atoms with Crippen molar-refractivity contribution < 1.29 is 4.79 Å². The molecule has 1 aliphatic rings. The van der Waals surface area contributed by atoms with Crippen LogP contribution in [0.1, 0.15) is 25.3 Å². The largest absolute Gasteiger partial charge is 0.324 e. The van der Waals surface area contributed by atoms with E-state index in [1.54, 1.807) is 6.33 Å². The molecule has 2 aromatic carbocycles.